The molecular weight excluding hydrogens is 573 g/mol. The highest BCUT2D eigenvalue weighted by Gasteiger charge is 2.37. The fraction of sp³-hybridized carbons (Fsp3) is 0.0667. The molecule has 0 saturated carbocycles. The SMILES string of the molecule is CC1(C)c2cccc3sc4ccc(-c5cc(-c6c7ccccc7c(-c7ccccc7)c7ccccc67)cc6ccccc56)c1c4c23. The molecule has 46 heavy (non-hydrogen) atoms. The molecule has 1 heteroatoms. The first-order valence-electron chi connectivity index (χ1n) is 16.1. The van der Waals surface area contributed by atoms with Gasteiger partial charge in [0.05, 0.1) is 0 Å². The minimum Gasteiger partial charge on any atom is -0.135 e. The van der Waals surface area contributed by atoms with Gasteiger partial charge in [0.2, 0.25) is 0 Å². The molecule has 0 amide bonds. The summed E-state index contributed by atoms with van der Waals surface area (Å²) >= 11 is 1.93. The average molecular weight is 603 g/mol. The van der Waals surface area contributed by atoms with Crippen LogP contribution in [0.15, 0.2) is 146 Å². The maximum absolute atomic E-state index is 2.49. The van der Waals surface area contributed by atoms with Gasteiger partial charge in [-0.15, -0.1) is 11.3 Å². The summed E-state index contributed by atoms with van der Waals surface area (Å²) in [7, 11) is 0. The number of hydrogen-bond acceptors (Lipinski definition) is 1. The van der Waals surface area contributed by atoms with Gasteiger partial charge in [0.1, 0.15) is 0 Å². The maximum Gasteiger partial charge on any atom is 0.0359 e. The Morgan fingerprint density at radius 2 is 1.02 bits per heavy atom. The molecule has 0 aliphatic heterocycles. The van der Waals surface area contributed by atoms with E-state index in [1.165, 1.54) is 97.0 Å². The molecule has 0 fully saturated rings. The monoisotopic (exact) mass is 602 g/mol. The van der Waals surface area contributed by atoms with Gasteiger partial charge in [-0.05, 0) is 101 Å². The van der Waals surface area contributed by atoms with Crippen LogP contribution in [0.3, 0.4) is 0 Å². The van der Waals surface area contributed by atoms with Crippen molar-refractivity contribution in [2.24, 2.45) is 0 Å². The Hall–Kier alpha value is -5.24. The predicted molar refractivity (Wildman–Crippen MR) is 200 cm³/mol. The lowest BCUT2D eigenvalue weighted by molar-refractivity contribution is 0.664. The minimum atomic E-state index is -0.0825. The van der Waals surface area contributed by atoms with Gasteiger partial charge in [-0.2, -0.15) is 0 Å². The first-order chi connectivity index (χ1) is 22.6. The molecule has 0 bridgehead atoms. The van der Waals surface area contributed by atoms with Crippen LogP contribution < -0.4 is 0 Å². The smallest absolute Gasteiger partial charge is 0.0359 e. The van der Waals surface area contributed by atoms with Crippen LogP contribution in [0.2, 0.25) is 0 Å². The zero-order chi connectivity index (χ0) is 30.6. The lowest BCUT2D eigenvalue weighted by Crippen LogP contribution is -2.16. The van der Waals surface area contributed by atoms with Crippen molar-refractivity contribution >= 4 is 63.8 Å². The number of benzene rings is 8. The van der Waals surface area contributed by atoms with Gasteiger partial charge in [-0.25, -0.2) is 0 Å². The van der Waals surface area contributed by atoms with Gasteiger partial charge in [-0.3, -0.25) is 0 Å². The van der Waals surface area contributed by atoms with Crippen molar-refractivity contribution in [3.8, 4) is 33.4 Å². The zero-order valence-electron chi connectivity index (χ0n) is 25.8. The Labute approximate surface area is 272 Å². The summed E-state index contributed by atoms with van der Waals surface area (Å²) in [6, 6.07) is 54.3. The van der Waals surface area contributed by atoms with E-state index in [4.69, 9.17) is 0 Å². The third-order valence-electron chi connectivity index (χ3n) is 10.4. The molecule has 10 rings (SSSR count). The Kier molecular flexibility index (Phi) is 5.31. The van der Waals surface area contributed by atoms with Crippen LogP contribution in [0.4, 0.5) is 0 Å². The first kappa shape index (κ1) is 26.0. The highest BCUT2D eigenvalue weighted by molar-refractivity contribution is 7.26. The lowest BCUT2D eigenvalue weighted by atomic mass is 9.77. The Balaban J connectivity index is 1.33. The van der Waals surface area contributed by atoms with Crippen LogP contribution in [0, 0.1) is 0 Å². The molecular formula is C45H30S. The molecule has 0 nitrogen and oxygen atoms in total. The van der Waals surface area contributed by atoms with Gasteiger partial charge >= 0.3 is 0 Å². The molecule has 0 radical (unpaired) electrons. The second-order valence-corrected chi connectivity index (χ2v) is 14.3. The van der Waals surface area contributed by atoms with Crippen LogP contribution in [-0.4, -0.2) is 0 Å². The molecule has 9 aromatic rings. The van der Waals surface area contributed by atoms with E-state index in [0.717, 1.165) is 0 Å². The van der Waals surface area contributed by atoms with Gasteiger partial charge in [-0.1, -0.05) is 135 Å². The normalized spacial score (nSPS) is 13.6. The molecule has 1 aliphatic carbocycles. The predicted octanol–water partition coefficient (Wildman–Crippen LogP) is 13.2. The van der Waals surface area contributed by atoms with Crippen molar-refractivity contribution in [2.75, 3.05) is 0 Å². The third kappa shape index (κ3) is 3.44. The number of fused-ring (bicyclic) bond motifs is 3. The molecule has 8 aromatic carbocycles. The molecule has 0 unspecified atom stereocenters. The molecule has 0 saturated heterocycles. The quantitative estimate of drug-likeness (QED) is 0.177. The van der Waals surface area contributed by atoms with Crippen LogP contribution in [0.5, 0.6) is 0 Å². The third-order valence-corrected chi connectivity index (χ3v) is 11.5. The number of rotatable bonds is 3. The molecule has 216 valence electrons. The largest absolute Gasteiger partial charge is 0.135 e. The van der Waals surface area contributed by atoms with E-state index < -0.39 is 0 Å². The second kappa shape index (κ2) is 9.39. The summed E-state index contributed by atoms with van der Waals surface area (Å²) in [5, 5.41) is 10.6. The van der Waals surface area contributed by atoms with Gasteiger partial charge in [0, 0.05) is 25.6 Å². The molecule has 1 aliphatic rings. The summed E-state index contributed by atoms with van der Waals surface area (Å²) in [4.78, 5) is 0. The van der Waals surface area contributed by atoms with E-state index in [1.54, 1.807) is 0 Å². The Morgan fingerprint density at radius 3 is 1.72 bits per heavy atom. The van der Waals surface area contributed by atoms with Crippen molar-refractivity contribution in [3.63, 3.8) is 0 Å². The van der Waals surface area contributed by atoms with Gasteiger partial charge in [0.15, 0.2) is 0 Å². The summed E-state index contributed by atoms with van der Waals surface area (Å²) in [5.74, 6) is 0. The van der Waals surface area contributed by atoms with E-state index in [0.29, 0.717) is 0 Å². The summed E-state index contributed by atoms with van der Waals surface area (Å²) in [6.45, 7) is 4.83. The zero-order valence-corrected chi connectivity index (χ0v) is 26.6. The first-order valence-corrected chi connectivity index (χ1v) is 16.9. The highest BCUT2D eigenvalue weighted by atomic mass is 32.1. The van der Waals surface area contributed by atoms with Crippen molar-refractivity contribution in [2.45, 2.75) is 19.3 Å². The maximum atomic E-state index is 2.49. The van der Waals surface area contributed by atoms with Crippen molar-refractivity contribution in [1.82, 2.24) is 0 Å². The highest BCUT2D eigenvalue weighted by Crippen LogP contribution is 2.56. The van der Waals surface area contributed by atoms with Crippen molar-refractivity contribution in [3.05, 3.63) is 157 Å². The molecule has 0 N–H and O–H groups in total. The van der Waals surface area contributed by atoms with Crippen LogP contribution >= 0.6 is 11.3 Å². The molecule has 1 heterocycles. The number of hydrogen-bond donors (Lipinski definition) is 0. The molecule has 0 atom stereocenters. The van der Waals surface area contributed by atoms with E-state index in [-0.39, 0.29) is 5.41 Å². The fourth-order valence-electron chi connectivity index (χ4n) is 8.47. The summed E-state index contributed by atoms with van der Waals surface area (Å²) < 4.78 is 2.78. The second-order valence-electron chi connectivity index (χ2n) is 13.2. The minimum absolute atomic E-state index is 0.0825. The topological polar surface area (TPSA) is 0 Å². The molecule has 1 aromatic heterocycles. The van der Waals surface area contributed by atoms with Crippen LogP contribution in [0.1, 0.15) is 25.0 Å². The van der Waals surface area contributed by atoms with E-state index in [2.05, 4.69) is 159 Å². The van der Waals surface area contributed by atoms with E-state index >= 15 is 0 Å². The number of thiophene rings is 1. The van der Waals surface area contributed by atoms with E-state index in [1.807, 2.05) is 11.3 Å². The lowest BCUT2D eigenvalue weighted by Gasteiger charge is -2.26. The van der Waals surface area contributed by atoms with E-state index in [9.17, 15) is 0 Å². The fourth-order valence-corrected chi connectivity index (χ4v) is 9.61. The average Bonchev–Trinajstić information content (AvgIpc) is 3.60. The summed E-state index contributed by atoms with van der Waals surface area (Å²) in [6.07, 6.45) is 0. The van der Waals surface area contributed by atoms with Gasteiger partial charge < -0.3 is 0 Å². The molecule has 0 spiro atoms. The van der Waals surface area contributed by atoms with Gasteiger partial charge in [0.25, 0.3) is 0 Å². The Bertz CT molecular complexity index is 2650. The standard InChI is InChI=1S/C45H30S/c1-45(2)37-21-12-22-38-42(37)43-39(46-38)24-23-35(44(43)45)36-26-29(25-28-15-6-7-16-30(28)36)41-33-19-10-8-17-31(33)40(27-13-4-3-5-14-27)32-18-9-11-20-34(32)41/h3-26H,1-2H3. The van der Waals surface area contributed by atoms with Crippen LogP contribution in [-0.2, 0) is 5.41 Å². The van der Waals surface area contributed by atoms with Crippen LogP contribution in [0.25, 0.3) is 85.9 Å². The van der Waals surface area contributed by atoms with Crippen molar-refractivity contribution < 1.29 is 0 Å². The summed E-state index contributed by atoms with van der Waals surface area (Å²) in [5.41, 5.74) is 10.6. The Morgan fingerprint density at radius 1 is 0.435 bits per heavy atom. The van der Waals surface area contributed by atoms with Crippen molar-refractivity contribution in [1.29, 1.82) is 0 Å².